The van der Waals surface area contributed by atoms with Gasteiger partial charge in [-0.15, -0.1) is 0 Å². The maximum absolute atomic E-state index is 12.2. The quantitative estimate of drug-likeness (QED) is 0.917. The van der Waals surface area contributed by atoms with E-state index in [-0.39, 0.29) is 16.1 Å². The summed E-state index contributed by atoms with van der Waals surface area (Å²) in [4.78, 5) is 35.4. The van der Waals surface area contributed by atoms with E-state index in [0.717, 1.165) is 23.9 Å². The Morgan fingerprint density at radius 2 is 2.10 bits per heavy atom. The van der Waals surface area contributed by atoms with Crippen molar-refractivity contribution in [3.63, 3.8) is 0 Å². The highest BCUT2D eigenvalue weighted by atomic mass is 32.1. The van der Waals surface area contributed by atoms with Crippen molar-refractivity contribution in [3.8, 4) is 0 Å². The maximum atomic E-state index is 12.2. The van der Waals surface area contributed by atoms with Crippen LogP contribution in [0.5, 0.6) is 0 Å². The summed E-state index contributed by atoms with van der Waals surface area (Å²) < 4.78 is 8.56. The van der Waals surface area contributed by atoms with Crippen LogP contribution in [-0.4, -0.2) is 28.4 Å². The highest BCUT2D eigenvalue weighted by Crippen LogP contribution is 2.28. The van der Waals surface area contributed by atoms with E-state index in [0.29, 0.717) is 5.69 Å². The van der Waals surface area contributed by atoms with Gasteiger partial charge in [-0.2, -0.15) is 4.37 Å². The molecule has 7 nitrogen and oxygen atoms in total. The summed E-state index contributed by atoms with van der Waals surface area (Å²) in [5.74, 6) is -1.63. The van der Waals surface area contributed by atoms with E-state index >= 15 is 0 Å². The number of aromatic carboxylic acids is 1. The summed E-state index contributed by atoms with van der Waals surface area (Å²) in [7, 11) is 1.44. The molecule has 8 heteroatoms. The number of hydrogen-bond donors (Lipinski definition) is 1. The molecule has 0 aliphatic rings. The van der Waals surface area contributed by atoms with Crippen LogP contribution in [0.3, 0.4) is 0 Å². The lowest BCUT2D eigenvalue weighted by atomic mass is 10.2. The Labute approximate surface area is 117 Å². The second-order valence-electron chi connectivity index (χ2n) is 3.96. The number of carbonyl (C=O) groups excluding carboxylic acids is 1. The Morgan fingerprint density at radius 1 is 1.40 bits per heavy atom. The predicted molar refractivity (Wildman–Crippen MR) is 71.5 cm³/mol. The Morgan fingerprint density at radius 3 is 2.65 bits per heavy atom. The number of aromatic nitrogens is 1. The predicted octanol–water partition coefficient (Wildman–Crippen LogP) is 1.38. The number of amides is 1. The molecule has 0 radical (unpaired) electrons. The van der Waals surface area contributed by atoms with Gasteiger partial charge in [0.2, 0.25) is 0 Å². The molecule has 0 unspecified atom stereocenters. The van der Waals surface area contributed by atoms with Gasteiger partial charge in [0.05, 0.1) is 11.3 Å². The Balaban J connectivity index is 2.39. The number of carbonyl (C=O) groups is 2. The molecule has 2 aromatic heterocycles. The van der Waals surface area contributed by atoms with Crippen LogP contribution in [0.2, 0.25) is 0 Å². The molecule has 0 spiro atoms. The van der Waals surface area contributed by atoms with Gasteiger partial charge in [-0.05, 0) is 24.5 Å². The molecule has 0 fully saturated rings. The lowest BCUT2D eigenvalue weighted by Gasteiger charge is -2.15. The summed E-state index contributed by atoms with van der Waals surface area (Å²) in [6.07, 6.45) is 1.04. The third-order valence-corrected chi connectivity index (χ3v) is 3.63. The molecule has 20 heavy (non-hydrogen) atoms. The van der Waals surface area contributed by atoms with Gasteiger partial charge in [0.25, 0.3) is 5.91 Å². The van der Waals surface area contributed by atoms with Crippen molar-refractivity contribution in [1.82, 2.24) is 4.37 Å². The number of hydrogen-bond acceptors (Lipinski definition) is 6. The summed E-state index contributed by atoms with van der Waals surface area (Å²) in [5.41, 5.74) is -0.0847. The van der Waals surface area contributed by atoms with E-state index in [1.54, 1.807) is 6.92 Å². The highest BCUT2D eigenvalue weighted by Gasteiger charge is 2.24. The molecule has 104 valence electrons. The molecular formula is C12H10N2O5S. The normalized spacial score (nSPS) is 10.3. The molecule has 0 aromatic carbocycles. The smallest absolute Gasteiger partial charge is 0.340 e. The standard InChI is InChI=1S/C12H10N2O5S/c1-6-9(12(17)18)11(20-13-6)14(2)10(16)7-3-4-8(15)19-5-7/h3-5H,1-2H3,(H,17,18). The molecule has 0 atom stereocenters. The monoisotopic (exact) mass is 294 g/mol. The van der Waals surface area contributed by atoms with Gasteiger partial charge in [-0.1, -0.05) is 0 Å². The minimum absolute atomic E-state index is 0.0109. The largest absolute Gasteiger partial charge is 0.478 e. The first-order valence-electron chi connectivity index (χ1n) is 5.48. The molecule has 2 aromatic rings. The van der Waals surface area contributed by atoms with Crippen LogP contribution in [0.25, 0.3) is 0 Å². The van der Waals surface area contributed by atoms with Crippen LogP contribution in [0.4, 0.5) is 5.00 Å². The van der Waals surface area contributed by atoms with E-state index in [1.165, 1.54) is 18.0 Å². The molecule has 0 bridgehead atoms. The van der Waals surface area contributed by atoms with Crippen molar-refractivity contribution in [3.05, 3.63) is 45.6 Å². The van der Waals surface area contributed by atoms with Gasteiger partial charge in [0.15, 0.2) is 0 Å². The van der Waals surface area contributed by atoms with Crippen molar-refractivity contribution < 1.29 is 19.1 Å². The molecule has 0 saturated heterocycles. The third-order valence-electron chi connectivity index (χ3n) is 2.62. The average molecular weight is 294 g/mol. The van der Waals surface area contributed by atoms with E-state index in [9.17, 15) is 14.4 Å². The number of carboxylic acid groups (broad SMARTS) is 1. The first-order chi connectivity index (χ1) is 9.41. The fraction of sp³-hybridized carbons (Fsp3) is 0.167. The first kappa shape index (κ1) is 13.9. The van der Waals surface area contributed by atoms with E-state index < -0.39 is 17.5 Å². The molecule has 1 amide bonds. The lowest BCUT2D eigenvalue weighted by molar-refractivity contribution is 0.0697. The van der Waals surface area contributed by atoms with Gasteiger partial charge in [0.1, 0.15) is 16.8 Å². The maximum Gasteiger partial charge on any atom is 0.340 e. The zero-order chi connectivity index (χ0) is 14.9. The summed E-state index contributed by atoms with van der Waals surface area (Å²) >= 11 is 0.921. The van der Waals surface area contributed by atoms with Gasteiger partial charge in [0, 0.05) is 13.1 Å². The fourth-order valence-corrected chi connectivity index (χ4v) is 2.44. The van der Waals surface area contributed by atoms with Crippen molar-refractivity contribution in [2.24, 2.45) is 0 Å². The van der Waals surface area contributed by atoms with Crippen LogP contribution in [0, 0.1) is 6.92 Å². The second kappa shape index (κ2) is 5.25. The molecule has 0 aliphatic heterocycles. The van der Waals surface area contributed by atoms with Gasteiger partial charge >= 0.3 is 11.6 Å². The Bertz CT molecular complexity index is 713. The zero-order valence-corrected chi connectivity index (χ0v) is 11.4. The third kappa shape index (κ3) is 2.45. The van der Waals surface area contributed by atoms with E-state index in [1.807, 2.05) is 0 Å². The zero-order valence-electron chi connectivity index (χ0n) is 10.6. The summed E-state index contributed by atoms with van der Waals surface area (Å²) in [5, 5.41) is 9.37. The van der Waals surface area contributed by atoms with Crippen LogP contribution < -0.4 is 10.5 Å². The number of carboxylic acids is 1. The molecular weight excluding hydrogens is 284 g/mol. The van der Waals surface area contributed by atoms with Crippen LogP contribution in [0.1, 0.15) is 26.4 Å². The molecule has 2 rings (SSSR count). The Kier molecular flexibility index (Phi) is 3.66. The van der Waals surface area contributed by atoms with Crippen molar-refractivity contribution in [2.75, 3.05) is 11.9 Å². The summed E-state index contributed by atoms with van der Waals surface area (Å²) in [6, 6.07) is 2.44. The lowest BCUT2D eigenvalue weighted by Crippen LogP contribution is -2.27. The van der Waals surface area contributed by atoms with Crippen LogP contribution in [-0.2, 0) is 0 Å². The van der Waals surface area contributed by atoms with Gasteiger partial charge < -0.3 is 14.4 Å². The highest BCUT2D eigenvalue weighted by molar-refractivity contribution is 7.11. The van der Waals surface area contributed by atoms with E-state index in [4.69, 9.17) is 5.11 Å². The Hall–Kier alpha value is -2.48. The summed E-state index contributed by atoms with van der Waals surface area (Å²) in [6.45, 7) is 1.56. The second-order valence-corrected chi connectivity index (χ2v) is 4.71. The first-order valence-corrected chi connectivity index (χ1v) is 6.25. The minimum atomic E-state index is -1.15. The van der Waals surface area contributed by atoms with Crippen LogP contribution >= 0.6 is 11.5 Å². The van der Waals surface area contributed by atoms with Crippen LogP contribution in [0.15, 0.2) is 27.6 Å². The molecule has 0 aliphatic carbocycles. The average Bonchev–Trinajstić information content (AvgIpc) is 2.80. The van der Waals surface area contributed by atoms with Crippen molar-refractivity contribution >= 4 is 28.4 Å². The number of anilines is 1. The number of aryl methyl sites for hydroxylation is 1. The fourth-order valence-electron chi connectivity index (χ4n) is 1.60. The number of rotatable bonds is 3. The number of nitrogens with zero attached hydrogens (tertiary/aromatic N) is 2. The van der Waals surface area contributed by atoms with Crippen molar-refractivity contribution in [2.45, 2.75) is 6.92 Å². The molecule has 1 N–H and O–H groups in total. The molecule has 2 heterocycles. The van der Waals surface area contributed by atoms with Crippen molar-refractivity contribution in [1.29, 1.82) is 0 Å². The molecule has 0 saturated carbocycles. The topological polar surface area (TPSA) is 101 Å². The SMILES string of the molecule is Cc1nsc(N(C)C(=O)c2ccc(=O)oc2)c1C(=O)O. The van der Waals surface area contributed by atoms with Gasteiger partial charge in [-0.3, -0.25) is 4.79 Å². The minimum Gasteiger partial charge on any atom is -0.478 e. The van der Waals surface area contributed by atoms with Gasteiger partial charge in [-0.25, -0.2) is 9.59 Å². The van der Waals surface area contributed by atoms with E-state index in [2.05, 4.69) is 8.79 Å².